The predicted molar refractivity (Wildman–Crippen MR) is 97.9 cm³/mol. The Morgan fingerprint density at radius 1 is 0.963 bits per heavy atom. The molecule has 0 bridgehead atoms. The molecule has 2 amide bonds. The molecular weight excluding hydrogens is 415 g/mol. The van der Waals surface area contributed by atoms with Gasteiger partial charge >= 0.3 is 5.91 Å². The Morgan fingerprint density at radius 3 is 2.07 bits per heavy atom. The Kier molecular flexibility index (Phi) is 5.41. The number of nitrogens with one attached hydrogen (secondary N) is 1. The summed E-state index contributed by atoms with van der Waals surface area (Å²) in [6.45, 7) is 0. The third-order valence-electron chi connectivity index (χ3n) is 3.54. The second-order valence-electron chi connectivity index (χ2n) is 5.36. The van der Waals surface area contributed by atoms with Crippen LogP contribution in [0.5, 0.6) is 5.95 Å². The molecule has 0 aliphatic heterocycles. The average Bonchev–Trinajstić information content (AvgIpc) is 2.99. The third kappa shape index (κ3) is 4.08. The number of carbonyl (C=O) groups is 2. The molecule has 9 heteroatoms. The van der Waals surface area contributed by atoms with Crippen LogP contribution in [0.2, 0.25) is 0 Å². The summed E-state index contributed by atoms with van der Waals surface area (Å²) in [5.41, 5.74) is 0.613. The molecule has 27 heavy (non-hydrogen) atoms. The number of amides is 2. The van der Waals surface area contributed by atoms with E-state index in [0.29, 0.717) is 11.3 Å². The van der Waals surface area contributed by atoms with Crippen molar-refractivity contribution in [2.45, 2.75) is 3.79 Å². The van der Waals surface area contributed by atoms with E-state index in [9.17, 15) is 14.7 Å². The second-order valence-corrected chi connectivity index (χ2v) is 7.64. The van der Waals surface area contributed by atoms with Gasteiger partial charge in [-0.3, -0.25) is 14.9 Å². The number of halogens is 3. The van der Waals surface area contributed by atoms with E-state index in [2.05, 4.69) is 0 Å². The quantitative estimate of drug-likeness (QED) is 0.516. The molecule has 0 spiro atoms. The minimum atomic E-state index is -2.36. The fraction of sp³-hybridized carbons (Fsp3) is 0.0556. The van der Waals surface area contributed by atoms with Gasteiger partial charge in [-0.15, -0.1) is 4.57 Å². The SMILES string of the molecule is O=C(NC(=O)C(Cl)(Cl)Cl)c1c([O-])oc(-c2ccccc2)[n+]1-c1ccccc1. The summed E-state index contributed by atoms with van der Waals surface area (Å²) in [5, 5.41) is 14.3. The number of para-hydroxylation sites is 1. The molecule has 0 atom stereocenters. The smallest absolute Gasteiger partial charge is 0.325 e. The van der Waals surface area contributed by atoms with Gasteiger partial charge in [-0.2, -0.15) is 0 Å². The maximum atomic E-state index is 12.6. The number of nitrogens with zero attached hydrogens (tertiary/aromatic N) is 1. The molecule has 1 N–H and O–H groups in total. The van der Waals surface area contributed by atoms with Crippen molar-refractivity contribution in [2.24, 2.45) is 0 Å². The highest BCUT2D eigenvalue weighted by atomic mass is 35.6. The van der Waals surface area contributed by atoms with E-state index in [1.54, 1.807) is 60.7 Å². The van der Waals surface area contributed by atoms with Gasteiger partial charge in [0.15, 0.2) is 0 Å². The van der Waals surface area contributed by atoms with Crippen molar-refractivity contribution in [3.05, 3.63) is 66.4 Å². The number of rotatable bonds is 3. The lowest BCUT2D eigenvalue weighted by atomic mass is 10.2. The van der Waals surface area contributed by atoms with Crippen molar-refractivity contribution in [1.29, 1.82) is 0 Å². The highest BCUT2D eigenvalue weighted by molar-refractivity contribution is 6.76. The van der Waals surface area contributed by atoms with Gasteiger partial charge < -0.3 is 9.52 Å². The van der Waals surface area contributed by atoms with E-state index >= 15 is 0 Å². The van der Waals surface area contributed by atoms with Gasteiger partial charge in [-0.25, -0.2) is 0 Å². The monoisotopic (exact) mass is 424 g/mol. The Morgan fingerprint density at radius 2 is 1.52 bits per heavy atom. The highest BCUT2D eigenvalue weighted by Crippen LogP contribution is 2.27. The van der Waals surface area contributed by atoms with Gasteiger partial charge in [0, 0.05) is 12.1 Å². The molecule has 2 aromatic carbocycles. The summed E-state index contributed by atoms with van der Waals surface area (Å²) in [5.74, 6) is -3.05. The molecule has 0 radical (unpaired) electrons. The van der Waals surface area contributed by atoms with E-state index in [1.165, 1.54) is 4.57 Å². The van der Waals surface area contributed by atoms with Gasteiger partial charge in [0.05, 0.1) is 5.56 Å². The molecule has 3 aromatic rings. The van der Waals surface area contributed by atoms with Crippen LogP contribution in [0.1, 0.15) is 10.5 Å². The summed E-state index contributed by atoms with van der Waals surface area (Å²) in [7, 11) is 0. The molecule has 3 rings (SSSR count). The first kappa shape index (κ1) is 19.2. The predicted octanol–water partition coefficient (Wildman–Crippen LogP) is 2.92. The number of hydrogen-bond acceptors (Lipinski definition) is 4. The molecule has 0 fully saturated rings. The fourth-order valence-corrected chi connectivity index (χ4v) is 2.54. The zero-order valence-corrected chi connectivity index (χ0v) is 15.8. The summed E-state index contributed by atoms with van der Waals surface area (Å²) >= 11 is 16.4. The lowest BCUT2D eigenvalue weighted by Crippen LogP contribution is -2.46. The Labute approximate surface area is 168 Å². The Bertz CT molecular complexity index is 983. The number of benzene rings is 2. The van der Waals surface area contributed by atoms with Gasteiger partial charge in [0.1, 0.15) is 5.95 Å². The zero-order valence-electron chi connectivity index (χ0n) is 13.5. The molecule has 1 heterocycles. The van der Waals surface area contributed by atoms with Crippen LogP contribution < -0.4 is 15.0 Å². The van der Waals surface area contributed by atoms with Crippen molar-refractivity contribution in [3.63, 3.8) is 0 Å². The first-order chi connectivity index (χ1) is 12.8. The maximum Gasteiger partial charge on any atom is 0.325 e. The van der Waals surface area contributed by atoms with Crippen LogP contribution in [0.3, 0.4) is 0 Å². The van der Waals surface area contributed by atoms with Crippen molar-refractivity contribution < 1.29 is 23.7 Å². The van der Waals surface area contributed by atoms with Crippen molar-refractivity contribution in [3.8, 4) is 23.1 Å². The largest absolute Gasteiger partial charge is 0.540 e. The minimum absolute atomic E-state index is 0.123. The minimum Gasteiger partial charge on any atom is -0.540 e. The number of carbonyl (C=O) groups excluding carboxylic acids is 2. The Balaban J connectivity index is 2.16. The van der Waals surface area contributed by atoms with Crippen LogP contribution in [0.4, 0.5) is 0 Å². The molecule has 138 valence electrons. The Hall–Kier alpha value is -2.54. The first-order valence-corrected chi connectivity index (χ1v) is 8.71. The number of alkyl halides is 3. The molecule has 0 aliphatic rings. The highest BCUT2D eigenvalue weighted by Gasteiger charge is 2.36. The topological polar surface area (TPSA) is 86.2 Å². The average molecular weight is 426 g/mol. The van der Waals surface area contributed by atoms with Gasteiger partial charge in [0.2, 0.25) is 5.69 Å². The van der Waals surface area contributed by atoms with Crippen molar-refractivity contribution >= 4 is 46.6 Å². The number of hydrogen-bond donors (Lipinski definition) is 1. The molecular formula is C18H11Cl3N2O4. The maximum absolute atomic E-state index is 12.6. The lowest BCUT2D eigenvalue weighted by Gasteiger charge is -2.09. The number of oxazole rings is 1. The molecule has 0 aliphatic carbocycles. The first-order valence-electron chi connectivity index (χ1n) is 7.58. The molecule has 0 unspecified atom stereocenters. The van der Waals surface area contributed by atoms with E-state index < -0.39 is 27.2 Å². The second kappa shape index (κ2) is 7.60. The molecule has 0 saturated heterocycles. The molecule has 1 aromatic heterocycles. The van der Waals surface area contributed by atoms with Crippen LogP contribution in [0.15, 0.2) is 65.1 Å². The van der Waals surface area contributed by atoms with Crippen molar-refractivity contribution in [1.82, 2.24) is 5.32 Å². The fourth-order valence-electron chi connectivity index (χ4n) is 2.39. The van der Waals surface area contributed by atoms with Crippen LogP contribution in [-0.4, -0.2) is 15.6 Å². The van der Waals surface area contributed by atoms with Crippen molar-refractivity contribution in [2.75, 3.05) is 0 Å². The van der Waals surface area contributed by atoms with E-state index in [-0.39, 0.29) is 5.89 Å². The van der Waals surface area contributed by atoms with Gasteiger partial charge in [-0.1, -0.05) is 71.2 Å². The van der Waals surface area contributed by atoms with E-state index in [4.69, 9.17) is 39.2 Å². The summed E-state index contributed by atoms with van der Waals surface area (Å²) in [6, 6.07) is 17.3. The number of imide groups is 1. The zero-order chi connectivity index (χ0) is 19.6. The lowest BCUT2D eigenvalue weighted by molar-refractivity contribution is -0.590. The van der Waals surface area contributed by atoms with Crippen LogP contribution in [0.25, 0.3) is 17.1 Å². The van der Waals surface area contributed by atoms with Crippen LogP contribution >= 0.6 is 34.8 Å². The molecule has 6 nitrogen and oxygen atoms in total. The van der Waals surface area contributed by atoms with Gasteiger partial charge in [-0.05, 0) is 12.1 Å². The summed E-state index contributed by atoms with van der Waals surface area (Å²) in [6.07, 6.45) is 0. The van der Waals surface area contributed by atoms with E-state index in [1.807, 2.05) is 5.32 Å². The van der Waals surface area contributed by atoms with Gasteiger partial charge in [0.25, 0.3) is 21.3 Å². The molecule has 0 saturated carbocycles. The van der Waals surface area contributed by atoms with Crippen LogP contribution in [0, 0.1) is 0 Å². The van der Waals surface area contributed by atoms with Crippen LogP contribution in [-0.2, 0) is 4.79 Å². The number of aromatic nitrogens is 1. The summed E-state index contributed by atoms with van der Waals surface area (Å²) < 4.78 is 4.26. The summed E-state index contributed by atoms with van der Waals surface area (Å²) in [4.78, 5) is 24.4. The normalized spacial score (nSPS) is 11.2. The van der Waals surface area contributed by atoms with E-state index in [0.717, 1.165) is 0 Å². The third-order valence-corrected chi connectivity index (χ3v) is 4.06. The standard InChI is InChI=1S/C18H11Cl3N2O4/c19-18(20,21)17(26)22-14(24)13-16(25)27-15(11-7-3-1-4-8-11)23(13)12-9-5-2-6-10-12/h1-10H,(H-,22,24,25,26).